The molecule has 0 bridgehead atoms. The molecule has 0 spiro atoms. The third kappa shape index (κ3) is 6.09. The summed E-state index contributed by atoms with van der Waals surface area (Å²) >= 11 is 0. The highest BCUT2D eigenvalue weighted by molar-refractivity contribution is 14.0. The summed E-state index contributed by atoms with van der Waals surface area (Å²) in [6.07, 6.45) is 2.68. The van der Waals surface area contributed by atoms with Crippen LogP contribution in [0.1, 0.15) is 11.3 Å². The molecule has 6 heteroatoms. The largest absolute Gasteiger partial charge is 0.497 e. The predicted molar refractivity (Wildman–Crippen MR) is 122 cm³/mol. The number of fused-ring (bicyclic) bond motifs is 1. The van der Waals surface area contributed by atoms with Gasteiger partial charge < -0.3 is 15.4 Å². The fraction of sp³-hybridized carbons (Fsp3) is 0.238. The van der Waals surface area contributed by atoms with Gasteiger partial charge >= 0.3 is 0 Å². The third-order valence-electron chi connectivity index (χ3n) is 4.20. The number of nitrogens with one attached hydrogen (secondary N) is 2. The Morgan fingerprint density at radius 3 is 2.59 bits per heavy atom. The molecule has 0 atom stereocenters. The SMILES string of the molecule is CN=C(NCCc1ccccn1)NCc1ccc2cc(OC)ccc2c1.I. The number of nitrogens with zero attached hydrogens (tertiary/aromatic N) is 2. The summed E-state index contributed by atoms with van der Waals surface area (Å²) < 4.78 is 5.27. The molecule has 0 aliphatic rings. The van der Waals surface area contributed by atoms with E-state index in [1.54, 1.807) is 14.2 Å². The van der Waals surface area contributed by atoms with Gasteiger partial charge in [-0.1, -0.05) is 24.3 Å². The van der Waals surface area contributed by atoms with Crippen LogP contribution in [0.2, 0.25) is 0 Å². The molecule has 0 saturated carbocycles. The van der Waals surface area contributed by atoms with Crippen molar-refractivity contribution in [1.29, 1.82) is 0 Å². The molecule has 2 aromatic carbocycles. The third-order valence-corrected chi connectivity index (χ3v) is 4.20. The molecule has 5 nitrogen and oxygen atoms in total. The first-order valence-electron chi connectivity index (χ1n) is 8.69. The molecular formula is C21H25IN4O. The van der Waals surface area contributed by atoms with Crippen molar-refractivity contribution in [2.75, 3.05) is 20.7 Å². The maximum Gasteiger partial charge on any atom is 0.191 e. The van der Waals surface area contributed by atoms with Gasteiger partial charge in [-0.05, 0) is 46.7 Å². The van der Waals surface area contributed by atoms with E-state index in [4.69, 9.17) is 4.74 Å². The van der Waals surface area contributed by atoms with Crippen LogP contribution in [-0.2, 0) is 13.0 Å². The second-order valence-corrected chi connectivity index (χ2v) is 5.97. The van der Waals surface area contributed by atoms with Gasteiger partial charge in [0, 0.05) is 38.4 Å². The maximum absolute atomic E-state index is 5.27. The van der Waals surface area contributed by atoms with Gasteiger partial charge in [-0.3, -0.25) is 9.98 Å². The summed E-state index contributed by atoms with van der Waals surface area (Å²) in [4.78, 5) is 8.60. The Kier molecular flexibility index (Phi) is 8.32. The van der Waals surface area contributed by atoms with Gasteiger partial charge in [0.1, 0.15) is 5.75 Å². The lowest BCUT2D eigenvalue weighted by Gasteiger charge is -2.12. The fourth-order valence-electron chi connectivity index (χ4n) is 2.77. The Labute approximate surface area is 177 Å². The van der Waals surface area contributed by atoms with Gasteiger partial charge in [-0.2, -0.15) is 0 Å². The zero-order chi connectivity index (χ0) is 18.2. The van der Waals surface area contributed by atoms with E-state index in [-0.39, 0.29) is 24.0 Å². The van der Waals surface area contributed by atoms with Crippen LogP contribution in [0, 0.1) is 0 Å². The van der Waals surface area contributed by atoms with E-state index in [1.165, 1.54) is 16.3 Å². The second kappa shape index (κ2) is 10.7. The lowest BCUT2D eigenvalue weighted by molar-refractivity contribution is 0.415. The molecule has 0 unspecified atom stereocenters. The number of rotatable bonds is 6. The molecule has 1 heterocycles. The summed E-state index contributed by atoms with van der Waals surface area (Å²) in [6.45, 7) is 1.50. The van der Waals surface area contributed by atoms with E-state index < -0.39 is 0 Å². The molecule has 27 heavy (non-hydrogen) atoms. The number of hydrogen-bond donors (Lipinski definition) is 2. The number of guanidine groups is 1. The highest BCUT2D eigenvalue weighted by Gasteiger charge is 2.02. The Morgan fingerprint density at radius 2 is 1.85 bits per heavy atom. The van der Waals surface area contributed by atoms with Crippen molar-refractivity contribution >= 4 is 40.7 Å². The Morgan fingerprint density at radius 1 is 1.04 bits per heavy atom. The predicted octanol–water partition coefficient (Wildman–Crippen LogP) is 3.77. The fourth-order valence-corrected chi connectivity index (χ4v) is 2.77. The molecule has 1 aromatic heterocycles. The minimum Gasteiger partial charge on any atom is -0.497 e. The van der Waals surface area contributed by atoms with Crippen LogP contribution in [0.25, 0.3) is 10.8 Å². The average Bonchev–Trinajstić information content (AvgIpc) is 2.70. The number of benzene rings is 2. The van der Waals surface area contributed by atoms with Crippen LogP contribution in [0.4, 0.5) is 0 Å². The molecule has 0 aliphatic heterocycles. The quantitative estimate of drug-likeness (QED) is 0.323. The first kappa shape index (κ1) is 21.0. The van der Waals surface area contributed by atoms with Gasteiger partial charge in [0.2, 0.25) is 0 Å². The van der Waals surface area contributed by atoms with Gasteiger partial charge in [0.05, 0.1) is 7.11 Å². The van der Waals surface area contributed by atoms with E-state index in [0.717, 1.165) is 30.4 Å². The smallest absolute Gasteiger partial charge is 0.191 e. The summed E-state index contributed by atoms with van der Waals surface area (Å²) in [5.74, 6) is 1.66. The van der Waals surface area contributed by atoms with Crippen LogP contribution < -0.4 is 15.4 Å². The van der Waals surface area contributed by atoms with E-state index >= 15 is 0 Å². The van der Waals surface area contributed by atoms with Crippen molar-refractivity contribution in [3.8, 4) is 5.75 Å². The highest BCUT2D eigenvalue weighted by Crippen LogP contribution is 2.21. The van der Waals surface area contributed by atoms with E-state index in [9.17, 15) is 0 Å². The molecule has 0 fully saturated rings. The van der Waals surface area contributed by atoms with Crippen LogP contribution in [0.5, 0.6) is 5.75 Å². The summed E-state index contributed by atoms with van der Waals surface area (Å²) in [5.41, 5.74) is 2.27. The van der Waals surface area contributed by atoms with Gasteiger partial charge in [0.25, 0.3) is 0 Å². The van der Waals surface area contributed by atoms with Crippen LogP contribution >= 0.6 is 24.0 Å². The molecule has 0 aliphatic carbocycles. The first-order valence-corrected chi connectivity index (χ1v) is 8.69. The number of hydrogen-bond acceptors (Lipinski definition) is 3. The Bertz CT molecular complexity index is 884. The minimum atomic E-state index is 0. The normalized spacial score (nSPS) is 11.0. The molecule has 3 rings (SSSR count). The number of halogens is 1. The molecule has 0 radical (unpaired) electrons. The van der Waals surface area contributed by atoms with Gasteiger partial charge in [-0.25, -0.2) is 0 Å². The summed E-state index contributed by atoms with van der Waals surface area (Å²) in [6, 6.07) is 18.5. The maximum atomic E-state index is 5.27. The van der Waals surface area contributed by atoms with Crippen molar-refractivity contribution in [2.45, 2.75) is 13.0 Å². The molecule has 0 amide bonds. The van der Waals surface area contributed by atoms with Gasteiger partial charge in [0.15, 0.2) is 5.96 Å². The van der Waals surface area contributed by atoms with E-state index in [0.29, 0.717) is 6.54 Å². The van der Waals surface area contributed by atoms with E-state index in [1.807, 2.05) is 36.5 Å². The molecule has 0 saturated heterocycles. The number of aliphatic imine (C=N–C) groups is 1. The lowest BCUT2D eigenvalue weighted by atomic mass is 10.1. The number of methoxy groups -OCH3 is 1. The van der Waals surface area contributed by atoms with E-state index in [2.05, 4.69) is 44.9 Å². The van der Waals surface area contributed by atoms with Crippen molar-refractivity contribution in [1.82, 2.24) is 15.6 Å². The number of aromatic nitrogens is 1. The van der Waals surface area contributed by atoms with Crippen LogP contribution in [-0.4, -0.2) is 31.6 Å². The summed E-state index contributed by atoms with van der Waals surface area (Å²) in [7, 11) is 3.47. The number of ether oxygens (including phenoxy) is 1. The van der Waals surface area contributed by atoms with Crippen LogP contribution in [0.15, 0.2) is 65.8 Å². The zero-order valence-corrected chi connectivity index (χ0v) is 17.9. The lowest BCUT2D eigenvalue weighted by Crippen LogP contribution is -2.37. The topological polar surface area (TPSA) is 58.5 Å². The number of pyridine rings is 1. The van der Waals surface area contributed by atoms with Crippen LogP contribution in [0.3, 0.4) is 0 Å². The van der Waals surface area contributed by atoms with Gasteiger partial charge in [-0.15, -0.1) is 24.0 Å². The van der Waals surface area contributed by atoms with Crippen molar-refractivity contribution in [3.63, 3.8) is 0 Å². The van der Waals surface area contributed by atoms with Crippen molar-refractivity contribution in [3.05, 3.63) is 72.1 Å². The standard InChI is InChI=1S/C21H24N4O.HI/c1-22-21(24-12-10-19-5-3-4-11-23-19)25-15-16-6-7-18-14-20(26-2)9-8-17(18)13-16;/h3-9,11,13-14H,10,12,15H2,1-2H3,(H2,22,24,25);1H. The van der Waals surface area contributed by atoms with Crippen molar-refractivity contribution in [2.24, 2.45) is 4.99 Å². The molecular weight excluding hydrogens is 451 g/mol. The van der Waals surface area contributed by atoms with Crippen molar-refractivity contribution < 1.29 is 4.74 Å². The summed E-state index contributed by atoms with van der Waals surface area (Å²) in [5, 5.41) is 9.05. The zero-order valence-electron chi connectivity index (χ0n) is 15.6. The molecule has 142 valence electrons. The highest BCUT2D eigenvalue weighted by atomic mass is 127. The molecule has 2 N–H and O–H groups in total. The Balaban J connectivity index is 0.00000261. The molecule has 3 aromatic rings. The first-order chi connectivity index (χ1) is 12.8. The Hall–Kier alpha value is -2.35. The second-order valence-electron chi connectivity index (χ2n) is 5.97. The average molecular weight is 476 g/mol. The monoisotopic (exact) mass is 476 g/mol. The minimum absolute atomic E-state index is 0.